The van der Waals surface area contributed by atoms with Crippen LogP contribution in [0.1, 0.15) is 46.0 Å². The second-order valence-electron chi connectivity index (χ2n) is 3.99. The zero-order valence-electron chi connectivity index (χ0n) is 9.01. The Kier molecular flexibility index (Phi) is 5.40. The molecule has 78 valence electrons. The largest absolute Gasteiger partial charge is 0.377 e. The maximum Gasteiger partial charge on any atom is 0.0700 e. The highest BCUT2D eigenvalue weighted by Gasteiger charge is 2.22. The van der Waals surface area contributed by atoms with Crippen molar-refractivity contribution in [2.24, 2.45) is 0 Å². The van der Waals surface area contributed by atoms with E-state index in [1.807, 2.05) is 0 Å². The van der Waals surface area contributed by atoms with Crippen molar-refractivity contribution in [1.29, 1.82) is 0 Å². The molecule has 0 aromatic heterocycles. The molecule has 1 aliphatic heterocycles. The molecule has 1 N–H and O–H groups in total. The third-order valence-electron chi connectivity index (χ3n) is 2.81. The van der Waals surface area contributed by atoms with Gasteiger partial charge < -0.3 is 10.1 Å². The first-order chi connectivity index (χ1) is 6.34. The van der Waals surface area contributed by atoms with Crippen LogP contribution in [0.5, 0.6) is 0 Å². The van der Waals surface area contributed by atoms with Crippen molar-refractivity contribution in [3.8, 4) is 0 Å². The smallest absolute Gasteiger partial charge is 0.0700 e. The summed E-state index contributed by atoms with van der Waals surface area (Å²) >= 11 is 0. The van der Waals surface area contributed by atoms with E-state index in [0.29, 0.717) is 12.1 Å². The number of hydrogen-bond donors (Lipinski definition) is 1. The summed E-state index contributed by atoms with van der Waals surface area (Å²) in [6.45, 7) is 6.52. The van der Waals surface area contributed by atoms with Crippen LogP contribution in [0.2, 0.25) is 0 Å². The minimum absolute atomic E-state index is 0.422. The minimum atomic E-state index is 0.422. The molecule has 0 saturated carbocycles. The van der Waals surface area contributed by atoms with Crippen molar-refractivity contribution < 1.29 is 4.74 Å². The average Bonchev–Trinajstić information content (AvgIpc) is 2.52. The Morgan fingerprint density at radius 2 is 2.15 bits per heavy atom. The van der Waals surface area contributed by atoms with E-state index in [-0.39, 0.29) is 0 Å². The molecule has 2 atom stereocenters. The molecule has 1 aliphatic rings. The van der Waals surface area contributed by atoms with Crippen LogP contribution in [0.4, 0.5) is 0 Å². The van der Waals surface area contributed by atoms with Gasteiger partial charge in [-0.2, -0.15) is 0 Å². The van der Waals surface area contributed by atoms with E-state index in [1.165, 1.54) is 38.6 Å². The Bertz CT molecular complexity index is 127. The van der Waals surface area contributed by atoms with Crippen LogP contribution in [0, 0.1) is 0 Å². The van der Waals surface area contributed by atoms with Crippen molar-refractivity contribution in [2.45, 2.75) is 58.1 Å². The average molecular weight is 185 g/mol. The lowest BCUT2D eigenvalue weighted by Gasteiger charge is -2.15. The van der Waals surface area contributed by atoms with Crippen molar-refractivity contribution in [3.05, 3.63) is 0 Å². The standard InChI is InChI=1S/C11H23NO/c1-3-4-5-6-8-12-11-7-9-13-10(11)2/h10-12H,3-9H2,1-2H3/t10-,11+/m0/s1. The quantitative estimate of drug-likeness (QED) is 0.641. The normalized spacial score (nSPS) is 28.2. The maximum absolute atomic E-state index is 5.48. The van der Waals surface area contributed by atoms with Gasteiger partial charge in [0.1, 0.15) is 0 Å². The fourth-order valence-electron chi connectivity index (χ4n) is 1.84. The molecule has 0 amide bonds. The van der Waals surface area contributed by atoms with Crippen LogP contribution in [-0.4, -0.2) is 25.3 Å². The van der Waals surface area contributed by atoms with Gasteiger partial charge in [0.15, 0.2) is 0 Å². The highest BCUT2D eigenvalue weighted by molar-refractivity contribution is 4.78. The Labute approximate surface area is 82.0 Å². The van der Waals surface area contributed by atoms with Crippen LogP contribution in [0.15, 0.2) is 0 Å². The first kappa shape index (κ1) is 11.0. The molecule has 0 aromatic rings. The molecule has 1 heterocycles. The summed E-state index contributed by atoms with van der Waals surface area (Å²) in [5, 5.41) is 3.57. The fourth-order valence-corrected chi connectivity index (χ4v) is 1.84. The monoisotopic (exact) mass is 185 g/mol. The lowest BCUT2D eigenvalue weighted by Crippen LogP contribution is -2.35. The van der Waals surface area contributed by atoms with Gasteiger partial charge in [0.25, 0.3) is 0 Å². The Balaban J connectivity index is 1.93. The lowest BCUT2D eigenvalue weighted by atomic mass is 10.1. The molecule has 0 aromatic carbocycles. The van der Waals surface area contributed by atoms with Crippen LogP contribution in [0.3, 0.4) is 0 Å². The van der Waals surface area contributed by atoms with Crippen LogP contribution in [0.25, 0.3) is 0 Å². The van der Waals surface area contributed by atoms with Gasteiger partial charge in [0, 0.05) is 12.6 Å². The van der Waals surface area contributed by atoms with Crippen LogP contribution < -0.4 is 5.32 Å². The van der Waals surface area contributed by atoms with Crippen molar-refractivity contribution in [2.75, 3.05) is 13.2 Å². The van der Waals surface area contributed by atoms with Gasteiger partial charge in [-0.15, -0.1) is 0 Å². The zero-order chi connectivity index (χ0) is 9.52. The molecule has 1 saturated heterocycles. The van der Waals surface area contributed by atoms with E-state index in [4.69, 9.17) is 4.74 Å². The summed E-state index contributed by atoms with van der Waals surface area (Å²) in [5.74, 6) is 0. The van der Waals surface area contributed by atoms with Crippen LogP contribution in [-0.2, 0) is 4.74 Å². The second-order valence-corrected chi connectivity index (χ2v) is 3.99. The highest BCUT2D eigenvalue weighted by Crippen LogP contribution is 2.12. The summed E-state index contributed by atoms with van der Waals surface area (Å²) in [5.41, 5.74) is 0. The first-order valence-electron chi connectivity index (χ1n) is 5.69. The predicted octanol–water partition coefficient (Wildman–Crippen LogP) is 2.33. The Morgan fingerprint density at radius 1 is 1.31 bits per heavy atom. The van der Waals surface area contributed by atoms with Crippen molar-refractivity contribution in [1.82, 2.24) is 5.32 Å². The Morgan fingerprint density at radius 3 is 2.77 bits per heavy atom. The second kappa shape index (κ2) is 6.39. The van der Waals surface area contributed by atoms with Gasteiger partial charge in [0.2, 0.25) is 0 Å². The van der Waals surface area contributed by atoms with Crippen molar-refractivity contribution in [3.63, 3.8) is 0 Å². The number of rotatable bonds is 6. The molecule has 0 radical (unpaired) electrons. The minimum Gasteiger partial charge on any atom is -0.377 e. The van der Waals surface area contributed by atoms with Gasteiger partial charge in [-0.3, -0.25) is 0 Å². The fraction of sp³-hybridized carbons (Fsp3) is 1.00. The highest BCUT2D eigenvalue weighted by atomic mass is 16.5. The number of unbranched alkanes of at least 4 members (excludes halogenated alkanes) is 3. The third kappa shape index (κ3) is 4.10. The molecule has 0 unspecified atom stereocenters. The van der Waals surface area contributed by atoms with Gasteiger partial charge in [-0.05, 0) is 26.3 Å². The maximum atomic E-state index is 5.48. The molecular formula is C11H23NO. The predicted molar refractivity (Wildman–Crippen MR) is 56.0 cm³/mol. The molecule has 1 rings (SSSR count). The topological polar surface area (TPSA) is 21.3 Å². The molecule has 0 spiro atoms. The number of nitrogens with one attached hydrogen (secondary N) is 1. The molecule has 2 heteroatoms. The SMILES string of the molecule is CCCCCCN[C@@H]1CCO[C@H]1C. The molecule has 13 heavy (non-hydrogen) atoms. The van der Waals surface area contributed by atoms with Crippen LogP contribution >= 0.6 is 0 Å². The number of ether oxygens (including phenoxy) is 1. The molecule has 0 aliphatic carbocycles. The summed E-state index contributed by atoms with van der Waals surface area (Å²) < 4.78 is 5.48. The third-order valence-corrected chi connectivity index (χ3v) is 2.81. The van der Waals surface area contributed by atoms with E-state index in [2.05, 4.69) is 19.2 Å². The van der Waals surface area contributed by atoms with Gasteiger partial charge in [-0.25, -0.2) is 0 Å². The summed E-state index contributed by atoms with van der Waals surface area (Å²) in [4.78, 5) is 0. The lowest BCUT2D eigenvalue weighted by molar-refractivity contribution is 0.113. The first-order valence-corrected chi connectivity index (χ1v) is 5.69. The van der Waals surface area contributed by atoms with Gasteiger partial charge in [0.05, 0.1) is 6.10 Å². The summed E-state index contributed by atoms with van der Waals surface area (Å²) in [7, 11) is 0. The Hall–Kier alpha value is -0.0800. The molecule has 0 bridgehead atoms. The van der Waals surface area contributed by atoms with E-state index >= 15 is 0 Å². The molecular weight excluding hydrogens is 162 g/mol. The van der Waals surface area contributed by atoms with Gasteiger partial charge in [-0.1, -0.05) is 26.2 Å². The van der Waals surface area contributed by atoms with E-state index < -0.39 is 0 Å². The molecule has 2 nitrogen and oxygen atoms in total. The summed E-state index contributed by atoms with van der Waals surface area (Å²) in [6, 6.07) is 0.613. The van der Waals surface area contributed by atoms with Gasteiger partial charge >= 0.3 is 0 Å². The van der Waals surface area contributed by atoms with E-state index in [1.54, 1.807) is 0 Å². The van der Waals surface area contributed by atoms with E-state index in [0.717, 1.165) is 6.61 Å². The summed E-state index contributed by atoms with van der Waals surface area (Å²) in [6.07, 6.45) is 6.99. The van der Waals surface area contributed by atoms with Crippen molar-refractivity contribution >= 4 is 0 Å². The van der Waals surface area contributed by atoms with E-state index in [9.17, 15) is 0 Å². The number of hydrogen-bond acceptors (Lipinski definition) is 2. The molecule has 1 fully saturated rings. The zero-order valence-corrected chi connectivity index (χ0v) is 9.01.